The maximum atomic E-state index is 12.8. The van der Waals surface area contributed by atoms with Crippen LogP contribution in [0.25, 0.3) is 0 Å². The zero-order chi connectivity index (χ0) is 41.4. The zero-order valence-corrected chi connectivity index (χ0v) is 37.8. The smallest absolute Gasteiger partial charge is 0.387 e. The van der Waals surface area contributed by atoms with Crippen molar-refractivity contribution in [2.24, 2.45) is 0 Å². The van der Waals surface area contributed by atoms with Crippen LogP contribution in [-0.2, 0) is 18.4 Å². The van der Waals surface area contributed by atoms with Gasteiger partial charge in [-0.1, -0.05) is 190 Å². The molecule has 1 amide bonds. The number of aliphatic hydroxyl groups is 1. The zero-order valence-electron chi connectivity index (χ0n) is 36.9. The summed E-state index contributed by atoms with van der Waals surface area (Å²) in [7, 11) is 1.52. The first-order valence-electron chi connectivity index (χ1n) is 22.7. The minimum atomic E-state index is -4.36. The van der Waals surface area contributed by atoms with E-state index in [2.05, 4.69) is 55.6 Å². The highest BCUT2D eigenvalue weighted by Gasteiger charge is 2.27. The Kier molecular flexibility index (Phi) is 37.5. The molecule has 0 aliphatic carbocycles. The van der Waals surface area contributed by atoms with Crippen molar-refractivity contribution in [2.45, 2.75) is 193 Å². The molecule has 0 saturated carbocycles. The first-order chi connectivity index (χ1) is 27.0. The van der Waals surface area contributed by atoms with Crippen LogP contribution >= 0.6 is 7.82 Å². The van der Waals surface area contributed by atoms with E-state index in [9.17, 15) is 19.4 Å². The number of likely N-dealkylation sites (N-methyl/N-ethyl adjacent to an activating group) is 1. The van der Waals surface area contributed by atoms with Crippen molar-refractivity contribution < 1.29 is 32.9 Å². The third-order valence-corrected chi connectivity index (χ3v) is 10.7. The van der Waals surface area contributed by atoms with Crippen LogP contribution in [0.2, 0.25) is 0 Å². The molecule has 0 aliphatic rings. The molecule has 0 aliphatic heterocycles. The van der Waals surface area contributed by atoms with Gasteiger partial charge in [-0.3, -0.25) is 13.8 Å². The fraction of sp³-hybridized carbons (Fsp3) is 0.766. The Hall–Kier alpha value is -1.80. The SMILES string of the molecule is CC/C=C\C/C=C\C/C=C\C/C=C\CCC(=O)NC(COP(=O)(O)OCC[N+](C)(C)C)C(O)/C=C/CCCCCCCCCCCCCCCCCCCCC. The third-order valence-electron chi connectivity index (χ3n) is 9.76. The van der Waals surface area contributed by atoms with E-state index in [0.29, 0.717) is 17.4 Å². The fourth-order valence-electron chi connectivity index (χ4n) is 6.17. The van der Waals surface area contributed by atoms with Gasteiger partial charge in [0, 0.05) is 6.42 Å². The molecular formula is C47H88N2O6P+. The topological polar surface area (TPSA) is 105 Å². The summed E-state index contributed by atoms with van der Waals surface area (Å²) in [5.74, 6) is -0.258. The molecule has 8 nitrogen and oxygen atoms in total. The van der Waals surface area contributed by atoms with Gasteiger partial charge in [0.25, 0.3) is 0 Å². The number of amides is 1. The van der Waals surface area contributed by atoms with Gasteiger partial charge in [0.05, 0.1) is 39.9 Å². The molecule has 3 N–H and O–H groups in total. The summed E-state index contributed by atoms with van der Waals surface area (Å²) >= 11 is 0. The molecule has 0 heterocycles. The lowest BCUT2D eigenvalue weighted by atomic mass is 10.0. The van der Waals surface area contributed by atoms with Gasteiger partial charge in [-0.25, -0.2) is 4.57 Å². The number of hydrogen-bond acceptors (Lipinski definition) is 5. The molecule has 0 saturated heterocycles. The molecule has 9 heteroatoms. The van der Waals surface area contributed by atoms with Crippen molar-refractivity contribution in [3.63, 3.8) is 0 Å². The normalized spacial score (nSPS) is 14.9. The van der Waals surface area contributed by atoms with Crippen LogP contribution in [0.1, 0.15) is 181 Å². The first kappa shape index (κ1) is 54.2. The average Bonchev–Trinajstić information content (AvgIpc) is 3.15. The maximum absolute atomic E-state index is 12.8. The van der Waals surface area contributed by atoms with E-state index in [0.717, 1.165) is 44.9 Å². The molecule has 3 atom stereocenters. The highest BCUT2D eigenvalue weighted by atomic mass is 31.2. The highest BCUT2D eigenvalue weighted by molar-refractivity contribution is 7.47. The quantitative estimate of drug-likeness (QED) is 0.0246. The van der Waals surface area contributed by atoms with Gasteiger partial charge >= 0.3 is 7.82 Å². The van der Waals surface area contributed by atoms with Crippen LogP contribution in [-0.4, -0.2) is 73.4 Å². The summed E-state index contributed by atoms with van der Waals surface area (Å²) in [6, 6.07) is -0.885. The maximum Gasteiger partial charge on any atom is 0.472 e. The Morgan fingerprint density at radius 3 is 1.54 bits per heavy atom. The molecule has 56 heavy (non-hydrogen) atoms. The lowest BCUT2D eigenvalue weighted by Gasteiger charge is -2.25. The Balaban J connectivity index is 4.44. The van der Waals surface area contributed by atoms with Gasteiger partial charge in [-0.05, 0) is 44.9 Å². The molecule has 0 bridgehead atoms. The monoisotopic (exact) mass is 808 g/mol. The average molecular weight is 808 g/mol. The van der Waals surface area contributed by atoms with Crippen molar-refractivity contribution in [2.75, 3.05) is 40.9 Å². The minimum Gasteiger partial charge on any atom is -0.387 e. The van der Waals surface area contributed by atoms with Gasteiger partial charge in [0.1, 0.15) is 13.2 Å². The molecular weight excluding hydrogens is 719 g/mol. The standard InChI is InChI=1S/C47H87N2O6P/c1-6-8-10-12-14-16-18-20-21-22-23-24-25-26-27-29-30-32-34-36-38-40-46(50)45(44-55-56(52,53)54-43-42-49(3,4)5)48-47(51)41-39-37-35-33-31-28-19-17-15-13-11-9-7-2/h9,11,15,17,28,31,35,37-38,40,45-46,50H,6-8,10,12-14,16,18-27,29-30,32-34,36,39,41-44H2,1-5H3,(H-,48,51,52,53)/p+1/b11-9-,17-15-,31-28-,37-35-,40-38+. The predicted octanol–water partition coefficient (Wildman–Crippen LogP) is 12.6. The number of aliphatic hydroxyl groups excluding tert-OH is 1. The molecule has 0 rings (SSSR count). The van der Waals surface area contributed by atoms with Gasteiger partial charge in [-0.2, -0.15) is 0 Å². The minimum absolute atomic E-state index is 0.0467. The second kappa shape index (κ2) is 38.7. The van der Waals surface area contributed by atoms with Crippen molar-refractivity contribution in [3.05, 3.63) is 60.8 Å². The summed E-state index contributed by atoms with van der Waals surface area (Å²) in [4.78, 5) is 23.0. The van der Waals surface area contributed by atoms with Crippen molar-refractivity contribution in [3.8, 4) is 0 Å². The number of phosphoric acid groups is 1. The van der Waals surface area contributed by atoms with E-state index >= 15 is 0 Å². The van der Waals surface area contributed by atoms with E-state index in [-0.39, 0.29) is 25.5 Å². The van der Waals surface area contributed by atoms with Crippen LogP contribution in [0.4, 0.5) is 0 Å². The van der Waals surface area contributed by atoms with Crippen LogP contribution in [0.5, 0.6) is 0 Å². The van der Waals surface area contributed by atoms with Crippen LogP contribution in [0.3, 0.4) is 0 Å². The number of nitrogens with zero attached hydrogens (tertiary/aromatic N) is 1. The third kappa shape index (κ3) is 40.4. The number of allylic oxidation sites excluding steroid dienone is 9. The number of phosphoric ester groups is 1. The number of quaternary nitrogens is 1. The number of unbranched alkanes of at least 4 members (excludes halogenated alkanes) is 19. The molecule has 0 aromatic heterocycles. The summed E-state index contributed by atoms with van der Waals surface area (Å²) in [5.41, 5.74) is 0. The highest BCUT2D eigenvalue weighted by Crippen LogP contribution is 2.43. The molecule has 0 radical (unpaired) electrons. The first-order valence-corrected chi connectivity index (χ1v) is 24.2. The second-order valence-electron chi connectivity index (χ2n) is 16.4. The fourth-order valence-corrected chi connectivity index (χ4v) is 6.90. The Morgan fingerprint density at radius 2 is 1.07 bits per heavy atom. The van der Waals surface area contributed by atoms with Gasteiger partial charge in [-0.15, -0.1) is 0 Å². The Morgan fingerprint density at radius 1 is 0.625 bits per heavy atom. The van der Waals surface area contributed by atoms with Crippen molar-refractivity contribution in [1.82, 2.24) is 5.32 Å². The van der Waals surface area contributed by atoms with E-state index < -0.39 is 20.0 Å². The molecule has 326 valence electrons. The van der Waals surface area contributed by atoms with Gasteiger partial charge < -0.3 is 19.8 Å². The second-order valence-corrected chi connectivity index (χ2v) is 17.9. The summed E-state index contributed by atoms with van der Waals surface area (Å²) in [6.07, 6.45) is 50.3. The van der Waals surface area contributed by atoms with Gasteiger partial charge in [0.2, 0.25) is 5.91 Å². The van der Waals surface area contributed by atoms with Crippen LogP contribution in [0, 0.1) is 0 Å². The van der Waals surface area contributed by atoms with E-state index in [4.69, 9.17) is 9.05 Å². The Labute approximate surface area is 345 Å². The molecule has 0 spiro atoms. The van der Waals surface area contributed by atoms with Crippen LogP contribution in [0.15, 0.2) is 60.8 Å². The lowest BCUT2D eigenvalue weighted by Crippen LogP contribution is -2.45. The number of carbonyl (C=O) groups is 1. The van der Waals surface area contributed by atoms with Crippen LogP contribution < -0.4 is 5.32 Å². The van der Waals surface area contributed by atoms with E-state index in [1.54, 1.807) is 6.08 Å². The molecule has 0 aromatic rings. The molecule has 0 aromatic carbocycles. The number of carbonyl (C=O) groups excluding carboxylic acids is 1. The Bertz CT molecular complexity index is 1100. The van der Waals surface area contributed by atoms with Gasteiger partial charge in [0.15, 0.2) is 0 Å². The molecule has 3 unspecified atom stereocenters. The summed E-state index contributed by atoms with van der Waals surface area (Å²) in [5, 5.41) is 13.8. The van der Waals surface area contributed by atoms with Crippen molar-refractivity contribution >= 4 is 13.7 Å². The number of rotatable bonds is 40. The lowest BCUT2D eigenvalue weighted by molar-refractivity contribution is -0.870. The molecule has 0 fully saturated rings. The number of hydrogen-bond donors (Lipinski definition) is 3. The largest absolute Gasteiger partial charge is 0.472 e. The summed E-state index contributed by atoms with van der Waals surface area (Å²) < 4.78 is 23.5. The van der Waals surface area contributed by atoms with E-state index in [1.165, 1.54) is 109 Å². The van der Waals surface area contributed by atoms with Crippen molar-refractivity contribution in [1.29, 1.82) is 0 Å². The summed E-state index contributed by atoms with van der Waals surface area (Å²) in [6.45, 7) is 4.63. The van der Waals surface area contributed by atoms with E-state index in [1.807, 2.05) is 39.4 Å². The number of nitrogens with one attached hydrogen (secondary N) is 1. The predicted molar refractivity (Wildman–Crippen MR) is 240 cm³/mol.